The molecule has 0 saturated heterocycles. The standard InChI is InChI=1S/C15H14ClNO2S/c16-13-8-6-12(7-9-13)15(20-10-14(18)17-19)11-4-2-1-3-5-11/h1-9,15,19H,10H2,(H,17,18). The molecular formula is C15H14ClNO2S. The topological polar surface area (TPSA) is 49.3 Å². The van der Waals surface area contributed by atoms with Crippen molar-refractivity contribution in [1.82, 2.24) is 5.48 Å². The third-order valence-corrected chi connectivity index (χ3v) is 4.34. The summed E-state index contributed by atoms with van der Waals surface area (Å²) in [6, 6.07) is 17.5. The third-order valence-electron chi connectivity index (χ3n) is 2.78. The van der Waals surface area contributed by atoms with E-state index in [1.165, 1.54) is 11.8 Å². The quantitative estimate of drug-likeness (QED) is 0.654. The molecule has 2 N–H and O–H groups in total. The number of amides is 1. The summed E-state index contributed by atoms with van der Waals surface area (Å²) in [6.45, 7) is 0. The van der Waals surface area contributed by atoms with E-state index in [1.54, 1.807) is 5.48 Å². The Hall–Kier alpha value is -1.49. The second-order valence-corrected chi connectivity index (χ2v) is 5.72. The first-order valence-corrected chi connectivity index (χ1v) is 7.48. The number of hydrogen-bond donors (Lipinski definition) is 2. The smallest absolute Gasteiger partial charge is 0.253 e. The van der Waals surface area contributed by atoms with E-state index in [4.69, 9.17) is 16.8 Å². The van der Waals surface area contributed by atoms with Gasteiger partial charge in [-0.1, -0.05) is 54.1 Å². The van der Waals surface area contributed by atoms with Crippen LogP contribution >= 0.6 is 23.4 Å². The lowest BCUT2D eigenvalue weighted by molar-refractivity contribution is -0.126. The lowest BCUT2D eigenvalue weighted by Gasteiger charge is -2.17. The Labute approximate surface area is 126 Å². The summed E-state index contributed by atoms with van der Waals surface area (Å²) in [5.74, 6) is -0.233. The van der Waals surface area contributed by atoms with E-state index in [9.17, 15) is 4.79 Å². The second kappa shape index (κ2) is 7.33. The van der Waals surface area contributed by atoms with Crippen LogP contribution < -0.4 is 5.48 Å². The van der Waals surface area contributed by atoms with Crippen LogP contribution in [0.3, 0.4) is 0 Å². The highest BCUT2D eigenvalue weighted by Gasteiger charge is 2.16. The summed E-state index contributed by atoms with van der Waals surface area (Å²) in [4.78, 5) is 11.2. The van der Waals surface area contributed by atoms with Crippen molar-refractivity contribution in [3.8, 4) is 0 Å². The third kappa shape index (κ3) is 4.00. The minimum atomic E-state index is -0.412. The maximum atomic E-state index is 11.2. The summed E-state index contributed by atoms with van der Waals surface area (Å²) < 4.78 is 0. The van der Waals surface area contributed by atoms with Gasteiger partial charge < -0.3 is 0 Å². The van der Waals surface area contributed by atoms with Gasteiger partial charge >= 0.3 is 0 Å². The van der Waals surface area contributed by atoms with Crippen molar-refractivity contribution in [2.45, 2.75) is 5.25 Å². The van der Waals surface area contributed by atoms with Crippen molar-refractivity contribution < 1.29 is 10.0 Å². The largest absolute Gasteiger partial charge is 0.289 e. The molecule has 3 nitrogen and oxygen atoms in total. The fraction of sp³-hybridized carbons (Fsp3) is 0.133. The molecule has 0 aliphatic rings. The molecule has 2 rings (SSSR count). The molecule has 0 bridgehead atoms. The minimum absolute atomic E-state index is 0.0192. The van der Waals surface area contributed by atoms with Crippen molar-refractivity contribution in [3.63, 3.8) is 0 Å². The first-order valence-electron chi connectivity index (χ1n) is 6.05. The first-order chi connectivity index (χ1) is 9.70. The van der Waals surface area contributed by atoms with E-state index in [-0.39, 0.29) is 11.0 Å². The maximum absolute atomic E-state index is 11.2. The monoisotopic (exact) mass is 307 g/mol. The Bertz CT molecular complexity index is 560. The fourth-order valence-electron chi connectivity index (χ4n) is 1.84. The van der Waals surface area contributed by atoms with Gasteiger partial charge in [-0.25, -0.2) is 5.48 Å². The second-order valence-electron chi connectivity index (χ2n) is 4.19. The van der Waals surface area contributed by atoms with Gasteiger partial charge in [0.15, 0.2) is 0 Å². The highest BCUT2D eigenvalue weighted by Crippen LogP contribution is 2.35. The molecule has 0 aromatic heterocycles. The van der Waals surface area contributed by atoms with E-state index < -0.39 is 5.91 Å². The maximum Gasteiger partial charge on any atom is 0.253 e. The molecule has 0 aliphatic carbocycles. The van der Waals surface area contributed by atoms with Crippen molar-refractivity contribution in [2.75, 3.05) is 5.75 Å². The van der Waals surface area contributed by atoms with Crippen molar-refractivity contribution in [2.24, 2.45) is 0 Å². The van der Waals surface area contributed by atoms with Gasteiger partial charge in [0.05, 0.1) is 11.0 Å². The molecule has 0 saturated carbocycles. The van der Waals surface area contributed by atoms with Crippen LogP contribution in [0.1, 0.15) is 16.4 Å². The molecule has 0 heterocycles. The molecular weight excluding hydrogens is 294 g/mol. The molecule has 104 valence electrons. The van der Waals surface area contributed by atoms with Crippen LogP contribution in [0.5, 0.6) is 0 Å². The highest BCUT2D eigenvalue weighted by atomic mass is 35.5. The van der Waals surface area contributed by atoms with E-state index in [0.29, 0.717) is 5.02 Å². The zero-order chi connectivity index (χ0) is 14.4. The summed E-state index contributed by atoms with van der Waals surface area (Å²) in [5, 5.41) is 9.29. The number of carbonyl (C=O) groups is 1. The van der Waals surface area contributed by atoms with E-state index in [1.807, 2.05) is 54.6 Å². The van der Waals surface area contributed by atoms with Crippen LogP contribution in [-0.2, 0) is 4.79 Å². The molecule has 1 amide bonds. The molecule has 5 heteroatoms. The number of hydroxylamine groups is 1. The van der Waals surface area contributed by atoms with Crippen molar-refractivity contribution >= 4 is 29.3 Å². The lowest BCUT2D eigenvalue weighted by Crippen LogP contribution is -2.21. The van der Waals surface area contributed by atoms with Crippen LogP contribution in [0, 0.1) is 0 Å². The van der Waals surface area contributed by atoms with Gasteiger partial charge in [0.1, 0.15) is 0 Å². The van der Waals surface area contributed by atoms with Gasteiger partial charge in [0, 0.05) is 5.02 Å². The van der Waals surface area contributed by atoms with Gasteiger partial charge in [-0.3, -0.25) is 10.0 Å². The number of benzene rings is 2. The number of nitrogens with one attached hydrogen (secondary N) is 1. The number of halogens is 1. The van der Waals surface area contributed by atoms with Crippen LogP contribution in [0.25, 0.3) is 0 Å². The normalized spacial score (nSPS) is 11.9. The molecule has 20 heavy (non-hydrogen) atoms. The van der Waals surface area contributed by atoms with Crippen LogP contribution in [-0.4, -0.2) is 16.9 Å². The average molecular weight is 308 g/mol. The van der Waals surface area contributed by atoms with Gasteiger partial charge in [-0.05, 0) is 23.3 Å². The molecule has 2 aromatic carbocycles. The Morgan fingerprint density at radius 1 is 1.10 bits per heavy atom. The van der Waals surface area contributed by atoms with Gasteiger partial charge in [-0.2, -0.15) is 0 Å². The SMILES string of the molecule is O=C(CSC(c1ccccc1)c1ccc(Cl)cc1)NO. The van der Waals surface area contributed by atoms with Gasteiger partial charge in [0.2, 0.25) is 0 Å². The molecule has 0 aliphatic heterocycles. The predicted molar refractivity (Wildman–Crippen MR) is 82.1 cm³/mol. The van der Waals surface area contributed by atoms with E-state index in [0.717, 1.165) is 11.1 Å². The molecule has 0 spiro atoms. The number of hydrogen-bond acceptors (Lipinski definition) is 3. The summed E-state index contributed by atoms with van der Waals surface area (Å²) in [6.07, 6.45) is 0. The highest BCUT2D eigenvalue weighted by molar-refractivity contribution is 8.00. The molecule has 2 aromatic rings. The Balaban J connectivity index is 2.24. The predicted octanol–water partition coefficient (Wildman–Crippen LogP) is 3.67. The molecule has 0 fully saturated rings. The van der Waals surface area contributed by atoms with Crippen LogP contribution in [0.4, 0.5) is 0 Å². The van der Waals surface area contributed by atoms with Crippen molar-refractivity contribution in [1.29, 1.82) is 0 Å². The summed E-state index contributed by atoms with van der Waals surface area (Å²) in [5.41, 5.74) is 3.82. The Morgan fingerprint density at radius 2 is 1.70 bits per heavy atom. The van der Waals surface area contributed by atoms with Gasteiger partial charge in [-0.15, -0.1) is 11.8 Å². The van der Waals surface area contributed by atoms with Crippen LogP contribution in [0.15, 0.2) is 54.6 Å². The Kier molecular flexibility index (Phi) is 5.47. The zero-order valence-corrected chi connectivity index (χ0v) is 12.2. The van der Waals surface area contributed by atoms with Crippen LogP contribution in [0.2, 0.25) is 5.02 Å². The molecule has 0 radical (unpaired) electrons. The van der Waals surface area contributed by atoms with E-state index in [2.05, 4.69) is 0 Å². The van der Waals surface area contributed by atoms with E-state index >= 15 is 0 Å². The summed E-state index contributed by atoms with van der Waals surface area (Å²) in [7, 11) is 0. The molecule has 1 atom stereocenters. The Morgan fingerprint density at radius 3 is 2.30 bits per heavy atom. The number of thioether (sulfide) groups is 1. The zero-order valence-electron chi connectivity index (χ0n) is 10.6. The number of carbonyl (C=O) groups excluding carboxylic acids is 1. The van der Waals surface area contributed by atoms with Crippen molar-refractivity contribution in [3.05, 3.63) is 70.7 Å². The average Bonchev–Trinajstić information content (AvgIpc) is 2.50. The number of rotatable bonds is 5. The fourth-order valence-corrected chi connectivity index (χ4v) is 3.05. The summed E-state index contributed by atoms with van der Waals surface area (Å²) >= 11 is 7.36. The molecule has 1 unspecified atom stereocenters. The lowest BCUT2D eigenvalue weighted by atomic mass is 10.0. The first kappa shape index (κ1) is 14.9. The van der Waals surface area contributed by atoms with Gasteiger partial charge in [0.25, 0.3) is 5.91 Å². The minimum Gasteiger partial charge on any atom is -0.289 e.